The van der Waals surface area contributed by atoms with Crippen LogP contribution in [0.2, 0.25) is 5.02 Å². The van der Waals surface area contributed by atoms with E-state index in [4.69, 9.17) is 11.6 Å². The number of aryl methyl sites for hydroxylation is 2. The highest BCUT2D eigenvalue weighted by Crippen LogP contribution is 2.26. The molecule has 0 fully saturated rings. The quantitative estimate of drug-likeness (QED) is 0.832. The fraction of sp³-hybridized carbons (Fsp3) is 0.278. The molecule has 2 aromatic carbocycles. The first kappa shape index (κ1) is 19.3. The Balaban J connectivity index is 2.22. The maximum absolute atomic E-state index is 12.3. The van der Waals surface area contributed by atoms with E-state index in [0.717, 1.165) is 28.1 Å². The van der Waals surface area contributed by atoms with Crippen LogP contribution in [0.3, 0.4) is 0 Å². The van der Waals surface area contributed by atoms with Crippen LogP contribution in [0.4, 0.5) is 11.4 Å². The first-order chi connectivity index (χ1) is 11.7. The largest absolute Gasteiger partial charge is 0.325 e. The number of nitrogens with one attached hydrogen (secondary N) is 1. The molecule has 0 unspecified atom stereocenters. The van der Waals surface area contributed by atoms with E-state index in [1.54, 1.807) is 37.3 Å². The molecule has 0 heterocycles. The molecule has 0 atom stereocenters. The third-order valence-electron chi connectivity index (χ3n) is 3.77. The van der Waals surface area contributed by atoms with Crippen LogP contribution in [-0.2, 0) is 21.2 Å². The molecular formula is C18H21ClN2O3S. The van der Waals surface area contributed by atoms with Gasteiger partial charge in [0, 0.05) is 10.7 Å². The highest BCUT2D eigenvalue weighted by molar-refractivity contribution is 7.92. The molecule has 0 aliphatic heterocycles. The Morgan fingerprint density at radius 1 is 1.16 bits per heavy atom. The fourth-order valence-corrected chi connectivity index (χ4v) is 3.46. The number of rotatable bonds is 6. The Labute approximate surface area is 153 Å². The second kappa shape index (κ2) is 7.89. The fourth-order valence-electron chi connectivity index (χ4n) is 2.39. The molecule has 2 aromatic rings. The van der Waals surface area contributed by atoms with Gasteiger partial charge in [0.1, 0.15) is 6.54 Å². The molecular weight excluding hydrogens is 360 g/mol. The van der Waals surface area contributed by atoms with Gasteiger partial charge in [-0.2, -0.15) is 0 Å². The molecule has 0 saturated carbocycles. The summed E-state index contributed by atoms with van der Waals surface area (Å²) in [6, 6.07) is 12.4. The minimum Gasteiger partial charge on any atom is -0.325 e. The van der Waals surface area contributed by atoms with E-state index >= 15 is 0 Å². The van der Waals surface area contributed by atoms with Crippen LogP contribution in [0.5, 0.6) is 0 Å². The molecule has 0 radical (unpaired) electrons. The Morgan fingerprint density at radius 3 is 2.36 bits per heavy atom. The van der Waals surface area contributed by atoms with Crippen molar-refractivity contribution in [3.63, 3.8) is 0 Å². The second-order valence-electron chi connectivity index (χ2n) is 5.80. The Kier molecular flexibility index (Phi) is 6.08. The van der Waals surface area contributed by atoms with Crippen molar-refractivity contribution in [2.24, 2.45) is 0 Å². The summed E-state index contributed by atoms with van der Waals surface area (Å²) in [6.45, 7) is 3.49. The summed E-state index contributed by atoms with van der Waals surface area (Å²) >= 11 is 5.98. The van der Waals surface area contributed by atoms with Crippen molar-refractivity contribution in [2.45, 2.75) is 20.3 Å². The predicted molar refractivity (Wildman–Crippen MR) is 103 cm³/mol. The average Bonchev–Trinajstić information content (AvgIpc) is 2.55. The van der Waals surface area contributed by atoms with Crippen molar-refractivity contribution in [3.8, 4) is 0 Å². The highest BCUT2D eigenvalue weighted by atomic mass is 35.5. The molecule has 2 rings (SSSR count). The summed E-state index contributed by atoms with van der Waals surface area (Å²) in [5.41, 5.74) is 2.89. The van der Waals surface area contributed by atoms with Crippen molar-refractivity contribution >= 4 is 38.9 Å². The van der Waals surface area contributed by atoms with Crippen LogP contribution in [0.1, 0.15) is 18.1 Å². The summed E-state index contributed by atoms with van der Waals surface area (Å²) in [4.78, 5) is 12.3. The van der Waals surface area contributed by atoms with Gasteiger partial charge in [-0.1, -0.05) is 36.7 Å². The van der Waals surface area contributed by atoms with Gasteiger partial charge in [-0.3, -0.25) is 9.10 Å². The number of nitrogens with zero attached hydrogens (tertiary/aromatic N) is 1. The van der Waals surface area contributed by atoms with Crippen molar-refractivity contribution in [3.05, 3.63) is 58.6 Å². The number of hydrogen-bond acceptors (Lipinski definition) is 3. The van der Waals surface area contributed by atoms with E-state index in [-0.39, 0.29) is 6.54 Å². The number of anilines is 2. The lowest BCUT2D eigenvalue weighted by Crippen LogP contribution is -2.37. The zero-order valence-corrected chi connectivity index (χ0v) is 16.0. The van der Waals surface area contributed by atoms with E-state index in [0.29, 0.717) is 16.4 Å². The molecule has 134 valence electrons. The number of carbonyl (C=O) groups is 1. The van der Waals surface area contributed by atoms with Crippen LogP contribution >= 0.6 is 11.6 Å². The monoisotopic (exact) mass is 380 g/mol. The number of amides is 1. The smallest absolute Gasteiger partial charge is 0.245 e. The number of carbonyl (C=O) groups excluding carboxylic acids is 1. The molecule has 0 spiro atoms. The minimum absolute atomic E-state index is 0.324. The molecule has 0 saturated heterocycles. The molecule has 5 nitrogen and oxygen atoms in total. The standard InChI is InChI=1S/C18H21ClN2O3S/c1-4-14-6-9-16(10-7-14)20-18(22)12-21(25(3,23)24)17-11-15(19)8-5-13(17)2/h5-11H,4,12H2,1-3H3,(H,20,22). The molecule has 25 heavy (non-hydrogen) atoms. The number of hydrogen-bond donors (Lipinski definition) is 1. The molecule has 0 aliphatic rings. The molecule has 0 bridgehead atoms. The normalized spacial score (nSPS) is 11.2. The first-order valence-corrected chi connectivity index (χ1v) is 10.1. The van der Waals surface area contributed by atoms with Crippen molar-refractivity contribution in [1.29, 1.82) is 0 Å². The summed E-state index contributed by atoms with van der Waals surface area (Å²) < 4.78 is 25.4. The third kappa shape index (κ3) is 5.21. The van der Waals surface area contributed by atoms with E-state index in [1.807, 2.05) is 19.1 Å². The van der Waals surface area contributed by atoms with Gasteiger partial charge in [-0.25, -0.2) is 8.42 Å². The van der Waals surface area contributed by atoms with Crippen LogP contribution in [0.25, 0.3) is 0 Å². The topological polar surface area (TPSA) is 66.5 Å². The molecule has 1 N–H and O–H groups in total. The van der Waals surface area contributed by atoms with Gasteiger partial charge < -0.3 is 5.32 Å². The summed E-state index contributed by atoms with van der Waals surface area (Å²) in [6.07, 6.45) is 1.97. The van der Waals surface area contributed by atoms with Crippen molar-refractivity contribution in [1.82, 2.24) is 0 Å². The molecule has 0 aromatic heterocycles. The van der Waals surface area contributed by atoms with E-state index in [2.05, 4.69) is 5.32 Å². The second-order valence-corrected chi connectivity index (χ2v) is 8.14. The SMILES string of the molecule is CCc1ccc(NC(=O)CN(c2cc(Cl)ccc2C)S(C)(=O)=O)cc1. The lowest BCUT2D eigenvalue weighted by Gasteiger charge is -2.23. The third-order valence-corrected chi connectivity index (χ3v) is 5.13. The maximum Gasteiger partial charge on any atom is 0.245 e. The van der Waals surface area contributed by atoms with Gasteiger partial charge in [-0.05, 0) is 48.7 Å². The van der Waals surface area contributed by atoms with Crippen molar-refractivity contribution < 1.29 is 13.2 Å². The van der Waals surface area contributed by atoms with E-state index in [9.17, 15) is 13.2 Å². The zero-order chi connectivity index (χ0) is 18.6. The highest BCUT2D eigenvalue weighted by Gasteiger charge is 2.22. The van der Waals surface area contributed by atoms with Gasteiger partial charge in [0.05, 0.1) is 11.9 Å². The van der Waals surface area contributed by atoms with Gasteiger partial charge in [0.2, 0.25) is 15.9 Å². The molecule has 0 aliphatic carbocycles. The number of halogens is 1. The lowest BCUT2D eigenvalue weighted by atomic mass is 10.1. The lowest BCUT2D eigenvalue weighted by molar-refractivity contribution is -0.114. The van der Waals surface area contributed by atoms with Crippen LogP contribution in [0, 0.1) is 6.92 Å². The molecule has 1 amide bonds. The Morgan fingerprint density at radius 2 is 1.80 bits per heavy atom. The van der Waals surface area contributed by atoms with Gasteiger partial charge >= 0.3 is 0 Å². The zero-order valence-electron chi connectivity index (χ0n) is 14.4. The van der Waals surface area contributed by atoms with Gasteiger partial charge in [0.25, 0.3) is 0 Å². The summed E-state index contributed by atoms with van der Waals surface area (Å²) in [5.74, 6) is -0.422. The van der Waals surface area contributed by atoms with Crippen LogP contribution < -0.4 is 9.62 Å². The van der Waals surface area contributed by atoms with Gasteiger partial charge in [-0.15, -0.1) is 0 Å². The van der Waals surface area contributed by atoms with Crippen LogP contribution in [-0.4, -0.2) is 27.1 Å². The van der Waals surface area contributed by atoms with Gasteiger partial charge in [0.15, 0.2) is 0 Å². The maximum atomic E-state index is 12.3. The predicted octanol–water partition coefficient (Wildman–Crippen LogP) is 3.62. The molecule has 7 heteroatoms. The van der Waals surface area contributed by atoms with E-state index in [1.165, 1.54) is 0 Å². The first-order valence-electron chi connectivity index (χ1n) is 7.83. The van der Waals surface area contributed by atoms with Crippen LogP contribution in [0.15, 0.2) is 42.5 Å². The Hall–Kier alpha value is -2.05. The number of benzene rings is 2. The van der Waals surface area contributed by atoms with Crippen molar-refractivity contribution in [2.75, 3.05) is 22.4 Å². The summed E-state index contributed by atoms with van der Waals surface area (Å²) in [7, 11) is -3.64. The van der Waals surface area contributed by atoms with E-state index < -0.39 is 15.9 Å². The number of sulfonamides is 1. The summed E-state index contributed by atoms with van der Waals surface area (Å²) in [5, 5.41) is 3.13. The average molecular weight is 381 g/mol. The minimum atomic E-state index is -3.64. The Bertz CT molecular complexity index is 864.